The Morgan fingerprint density at radius 1 is 1.53 bits per heavy atom. The van der Waals surface area contributed by atoms with Gasteiger partial charge < -0.3 is 5.11 Å². The lowest BCUT2D eigenvalue weighted by Crippen LogP contribution is -2.41. The zero-order valence-electron chi connectivity index (χ0n) is 10.1. The maximum absolute atomic E-state index is 12.1. The number of halogens is 1. The number of benzene rings is 1. The van der Waals surface area contributed by atoms with E-state index in [2.05, 4.69) is 33.3 Å². The maximum Gasteiger partial charge on any atom is 0.321 e. The predicted octanol–water partition coefficient (Wildman–Crippen LogP) is 1.81. The molecule has 0 radical (unpaired) electrons. The highest BCUT2D eigenvalue weighted by Gasteiger charge is 2.26. The van der Waals surface area contributed by atoms with Crippen LogP contribution in [0, 0.1) is 6.92 Å². The molecule has 106 valence electrons. The van der Waals surface area contributed by atoms with Gasteiger partial charge in [-0.3, -0.25) is 4.79 Å². The summed E-state index contributed by atoms with van der Waals surface area (Å²) in [6, 6.07) is 3.55. The third-order valence-electron chi connectivity index (χ3n) is 2.39. The van der Waals surface area contributed by atoms with Gasteiger partial charge in [-0.1, -0.05) is 6.07 Å². The summed E-state index contributed by atoms with van der Waals surface area (Å²) in [6.07, 6.45) is 0.112. The molecule has 1 aromatic carbocycles. The molecule has 0 bridgehead atoms. The Morgan fingerprint density at radius 3 is 2.63 bits per heavy atom. The molecule has 0 aliphatic heterocycles. The Balaban J connectivity index is 3.06. The first kappa shape index (κ1) is 16.5. The minimum absolute atomic E-state index is 0.0171. The molecule has 1 atom stereocenters. The van der Waals surface area contributed by atoms with Gasteiger partial charge in [0.25, 0.3) is 0 Å². The first-order valence-corrected chi connectivity index (χ1v) is 8.31. The molecular formula is C11H14BrNO4S2. The smallest absolute Gasteiger partial charge is 0.321 e. The number of carboxylic acid groups (broad SMARTS) is 1. The molecule has 0 heterocycles. The molecule has 5 nitrogen and oxygen atoms in total. The second kappa shape index (κ2) is 6.74. The molecule has 8 heteroatoms. The van der Waals surface area contributed by atoms with Crippen molar-refractivity contribution < 1.29 is 18.3 Å². The van der Waals surface area contributed by atoms with Gasteiger partial charge in [-0.05, 0) is 52.7 Å². The fraction of sp³-hybridized carbons (Fsp3) is 0.364. The van der Waals surface area contributed by atoms with Gasteiger partial charge >= 0.3 is 5.97 Å². The van der Waals surface area contributed by atoms with Crippen LogP contribution in [0.3, 0.4) is 0 Å². The fourth-order valence-corrected chi connectivity index (χ4v) is 4.11. The maximum atomic E-state index is 12.1. The van der Waals surface area contributed by atoms with Crippen molar-refractivity contribution in [3.05, 3.63) is 28.2 Å². The van der Waals surface area contributed by atoms with E-state index in [9.17, 15) is 13.2 Å². The highest BCUT2D eigenvalue weighted by Crippen LogP contribution is 2.23. The molecule has 1 rings (SSSR count). The normalized spacial score (nSPS) is 13.2. The van der Waals surface area contributed by atoms with Crippen LogP contribution in [0.4, 0.5) is 0 Å². The summed E-state index contributed by atoms with van der Waals surface area (Å²) >= 11 is 7.09. The average Bonchev–Trinajstić information content (AvgIpc) is 2.27. The van der Waals surface area contributed by atoms with Gasteiger partial charge in [0.1, 0.15) is 6.04 Å². The zero-order chi connectivity index (χ0) is 14.6. The summed E-state index contributed by atoms with van der Waals surface area (Å²) in [4.78, 5) is 11.0. The van der Waals surface area contributed by atoms with Crippen LogP contribution in [0.5, 0.6) is 0 Å². The summed E-state index contributed by atoms with van der Waals surface area (Å²) in [5, 5.41) is 8.96. The van der Waals surface area contributed by atoms with Crippen molar-refractivity contribution >= 4 is 44.6 Å². The number of sulfonamides is 1. The molecule has 0 saturated heterocycles. The van der Waals surface area contributed by atoms with Crippen LogP contribution in [0.25, 0.3) is 0 Å². The quantitative estimate of drug-likeness (QED) is 0.669. The number of aryl methyl sites for hydroxylation is 1. The van der Waals surface area contributed by atoms with Gasteiger partial charge in [0.15, 0.2) is 0 Å². The number of aliphatic carboxylic acids is 1. The molecule has 0 saturated carbocycles. The van der Waals surface area contributed by atoms with E-state index in [1.54, 1.807) is 12.1 Å². The van der Waals surface area contributed by atoms with Crippen LogP contribution >= 0.6 is 28.6 Å². The summed E-state index contributed by atoms with van der Waals surface area (Å²) in [6.45, 7) is 1.83. The van der Waals surface area contributed by atoms with E-state index in [1.165, 1.54) is 6.07 Å². The highest BCUT2D eigenvalue weighted by atomic mass is 79.9. The lowest BCUT2D eigenvalue weighted by molar-refractivity contribution is -0.139. The van der Waals surface area contributed by atoms with Crippen molar-refractivity contribution in [2.75, 3.05) is 5.75 Å². The second-order valence-corrected chi connectivity index (χ2v) is 6.94. The van der Waals surface area contributed by atoms with Crippen LogP contribution in [0.2, 0.25) is 0 Å². The van der Waals surface area contributed by atoms with Crippen LogP contribution in [-0.4, -0.2) is 31.3 Å². The van der Waals surface area contributed by atoms with Crippen molar-refractivity contribution in [1.29, 1.82) is 0 Å². The standard InChI is InChI=1S/C11H14BrNO4S2/c1-7-2-3-10(8(12)6-7)19(16,17)13-9(4-5-18)11(14)15/h2-3,6,9,13,18H,4-5H2,1H3,(H,14,15). The second-order valence-electron chi connectivity index (χ2n) is 3.96. The van der Waals surface area contributed by atoms with Gasteiger partial charge in [-0.2, -0.15) is 17.4 Å². The van der Waals surface area contributed by atoms with Gasteiger partial charge in [-0.15, -0.1) is 0 Å². The van der Waals surface area contributed by atoms with Crippen molar-refractivity contribution in [3.63, 3.8) is 0 Å². The molecule has 0 spiro atoms. The van der Waals surface area contributed by atoms with Gasteiger partial charge in [0, 0.05) is 4.47 Å². The Labute approximate surface area is 126 Å². The fourth-order valence-electron chi connectivity index (χ4n) is 1.44. The van der Waals surface area contributed by atoms with Crippen LogP contribution in [0.1, 0.15) is 12.0 Å². The first-order chi connectivity index (χ1) is 8.77. The van der Waals surface area contributed by atoms with E-state index in [4.69, 9.17) is 5.11 Å². The molecule has 1 aromatic rings. The molecule has 0 aromatic heterocycles. The van der Waals surface area contributed by atoms with Gasteiger partial charge in [0.05, 0.1) is 4.90 Å². The lowest BCUT2D eigenvalue weighted by Gasteiger charge is -2.14. The molecule has 1 unspecified atom stereocenters. The van der Waals surface area contributed by atoms with E-state index in [1.807, 2.05) is 6.92 Å². The minimum atomic E-state index is -3.89. The average molecular weight is 368 g/mol. The van der Waals surface area contributed by atoms with Crippen LogP contribution < -0.4 is 4.72 Å². The number of hydrogen-bond donors (Lipinski definition) is 3. The number of carboxylic acids is 1. The Kier molecular flexibility index (Phi) is 5.84. The Bertz CT molecular complexity index is 574. The minimum Gasteiger partial charge on any atom is -0.480 e. The summed E-state index contributed by atoms with van der Waals surface area (Å²) in [7, 11) is -3.89. The number of hydrogen-bond acceptors (Lipinski definition) is 4. The Hall–Kier alpha value is -0.570. The third-order valence-corrected chi connectivity index (χ3v) is 5.10. The molecule has 0 aliphatic carbocycles. The number of thiol groups is 1. The molecule has 19 heavy (non-hydrogen) atoms. The lowest BCUT2D eigenvalue weighted by atomic mass is 10.2. The van der Waals surface area contributed by atoms with Crippen LogP contribution in [0.15, 0.2) is 27.6 Å². The number of nitrogens with one attached hydrogen (secondary N) is 1. The summed E-state index contributed by atoms with van der Waals surface area (Å²) < 4.78 is 26.8. The molecular weight excluding hydrogens is 354 g/mol. The monoisotopic (exact) mass is 367 g/mol. The van der Waals surface area contributed by atoms with E-state index in [0.29, 0.717) is 4.47 Å². The third kappa shape index (κ3) is 4.48. The number of carbonyl (C=O) groups is 1. The first-order valence-electron chi connectivity index (χ1n) is 5.40. The van der Waals surface area contributed by atoms with E-state index in [0.717, 1.165) is 5.56 Å². The van der Waals surface area contributed by atoms with E-state index in [-0.39, 0.29) is 17.1 Å². The zero-order valence-corrected chi connectivity index (χ0v) is 13.4. The molecule has 0 aliphatic rings. The van der Waals surface area contributed by atoms with Crippen LogP contribution in [-0.2, 0) is 14.8 Å². The molecule has 0 fully saturated rings. The van der Waals surface area contributed by atoms with Crippen molar-refractivity contribution in [2.24, 2.45) is 0 Å². The van der Waals surface area contributed by atoms with Gasteiger partial charge in [-0.25, -0.2) is 8.42 Å². The van der Waals surface area contributed by atoms with E-state index >= 15 is 0 Å². The molecule has 2 N–H and O–H groups in total. The number of rotatable bonds is 6. The van der Waals surface area contributed by atoms with E-state index < -0.39 is 22.0 Å². The Morgan fingerprint density at radius 2 is 2.16 bits per heavy atom. The van der Waals surface area contributed by atoms with Gasteiger partial charge in [0.2, 0.25) is 10.0 Å². The summed E-state index contributed by atoms with van der Waals surface area (Å²) in [5.74, 6) is -0.949. The van der Waals surface area contributed by atoms with Crippen molar-refractivity contribution in [2.45, 2.75) is 24.3 Å². The SMILES string of the molecule is Cc1ccc(S(=O)(=O)NC(CCS)C(=O)O)c(Br)c1. The largest absolute Gasteiger partial charge is 0.480 e. The highest BCUT2D eigenvalue weighted by molar-refractivity contribution is 9.10. The molecule has 0 amide bonds. The van der Waals surface area contributed by atoms with Crippen molar-refractivity contribution in [1.82, 2.24) is 4.72 Å². The topological polar surface area (TPSA) is 83.5 Å². The van der Waals surface area contributed by atoms with Crippen molar-refractivity contribution in [3.8, 4) is 0 Å². The predicted molar refractivity (Wildman–Crippen MR) is 79.1 cm³/mol. The summed E-state index contributed by atoms with van der Waals surface area (Å²) in [5.41, 5.74) is 0.899.